The van der Waals surface area contributed by atoms with Gasteiger partial charge in [-0.1, -0.05) is 6.42 Å². The second kappa shape index (κ2) is 11.8. The van der Waals surface area contributed by atoms with Crippen molar-refractivity contribution in [3.8, 4) is 0 Å². The number of nitrogens with zero attached hydrogens (tertiary/aromatic N) is 6. The molecule has 17 nitrogen and oxygen atoms in total. The van der Waals surface area contributed by atoms with E-state index in [1.165, 1.54) is 0 Å². The molecule has 2 aromatic rings. The summed E-state index contributed by atoms with van der Waals surface area (Å²) in [6, 6.07) is 1.84. The van der Waals surface area contributed by atoms with Crippen molar-refractivity contribution in [1.82, 2.24) is 31.0 Å². The average molecular weight is 522 g/mol. The van der Waals surface area contributed by atoms with Crippen LogP contribution in [0.2, 0.25) is 0 Å². The number of carbonyl (C=O) groups is 4. The maximum atomic E-state index is 12.5. The molecule has 18 heteroatoms. The zero-order valence-corrected chi connectivity index (χ0v) is 19.2. The molecule has 0 unspecified atom stereocenters. The van der Waals surface area contributed by atoms with Crippen molar-refractivity contribution in [3.63, 3.8) is 0 Å². The lowest BCUT2D eigenvalue weighted by Crippen LogP contribution is -2.31. The normalized spacial score (nSPS) is 13.1. The molecule has 1 fully saturated rings. The quantitative estimate of drug-likeness (QED) is 0.172. The highest BCUT2D eigenvalue weighted by atomic mass is 32.2. The van der Waals surface area contributed by atoms with Crippen molar-refractivity contribution in [3.05, 3.63) is 37.9 Å². The van der Waals surface area contributed by atoms with Crippen LogP contribution in [-0.2, 0) is 19.2 Å². The highest BCUT2D eigenvalue weighted by molar-refractivity contribution is 7.99. The standard InChI is InChI=1S/C18H18N8O9S/c27-13-5-6-14(28)24(13)35-15(29)4-2-1-3-7-19-17(30)10-8-11(25(31)32)16(12(9-10)26(33)34)36-18-20-22-23-21-18/h8-9H,1-7H2,(H,19,30)(H,20,21,22,23). The lowest BCUT2D eigenvalue weighted by molar-refractivity contribution is -0.399. The Morgan fingerprint density at radius 2 is 1.72 bits per heavy atom. The van der Waals surface area contributed by atoms with Crippen molar-refractivity contribution in [2.75, 3.05) is 6.54 Å². The zero-order chi connectivity index (χ0) is 26.2. The smallest absolute Gasteiger partial charge is 0.333 e. The average Bonchev–Trinajstić information content (AvgIpc) is 3.46. The Labute approximate surface area is 205 Å². The van der Waals surface area contributed by atoms with Crippen LogP contribution >= 0.6 is 11.8 Å². The van der Waals surface area contributed by atoms with Crippen LogP contribution in [0.1, 0.15) is 48.9 Å². The first kappa shape index (κ1) is 26.1. The zero-order valence-electron chi connectivity index (χ0n) is 18.4. The molecular weight excluding hydrogens is 504 g/mol. The number of amides is 3. The Morgan fingerprint density at radius 3 is 2.28 bits per heavy atom. The van der Waals surface area contributed by atoms with Gasteiger partial charge >= 0.3 is 5.97 Å². The Hall–Kier alpha value is -4.48. The number of aromatic nitrogens is 4. The first-order valence-corrected chi connectivity index (χ1v) is 11.2. The highest BCUT2D eigenvalue weighted by Crippen LogP contribution is 2.40. The Morgan fingerprint density at radius 1 is 1.08 bits per heavy atom. The molecule has 1 aromatic heterocycles. The minimum absolute atomic E-state index is 0.00149. The Bertz CT molecular complexity index is 1150. The van der Waals surface area contributed by atoms with E-state index in [4.69, 9.17) is 4.84 Å². The third-order valence-corrected chi connectivity index (χ3v) is 5.74. The molecule has 1 aliphatic heterocycles. The van der Waals surface area contributed by atoms with Gasteiger partial charge in [0, 0.05) is 37.9 Å². The van der Waals surface area contributed by atoms with Gasteiger partial charge in [0.25, 0.3) is 29.1 Å². The Balaban J connectivity index is 1.52. The third-order valence-electron chi connectivity index (χ3n) is 4.77. The summed E-state index contributed by atoms with van der Waals surface area (Å²) < 4.78 is 0. The molecule has 2 N–H and O–H groups in total. The third kappa shape index (κ3) is 6.56. The highest BCUT2D eigenvalue weighted by Gasteiger charge is 2.33. The van der Waals surface area contributed by atoms with Gasteiger partial charge in [-0.15, -0.1) is 15.3 Å². The minimum Gasteiger partial charge on any atom is -0.352 e. The second-order valence-electron chi connectivity index (χ2n) is 7.27. The van der Waals surface area contributed by atoms with Gasteiger partial charge in [-0.05, 0) is 29.8 Å². The number of carbonyl (C=O) groups excluding carboxylic acids is 4. The van der Waals surface area contributed by atoms with Gasteiger partial charge in [-0.2, -0.15) is 5.21 Å². The number of tetrazole rings is 1. The van der Waals surface area contributed by atoms with E-state index < -0.39 is 44.9 Å². The van der Waals surface area contributed by atoms with E-state index in [1.807, 2.05) is 0 Å². The van der Waals surface area contributed by atoms with E-state index in [-0.39, 0.29) is 41.4 Å². The van der Waals surface area contributed by atoms with Crippen LogP contribution in [0.5, 0.6) is 0 Å². The number of imide groups is 1. The number of unbranched alkanes of at least 4 members (excludes halogenated alkanes) is 2. The van der Waals surface area contributed by atoms with Crippen molar-refractivity contribution < 1.29 is 33.9 Å². The van der Waals surface area contributed by atoms with Crippen LogP contribution < -0.4 is 5.32 Å². The fourth-order valence-electron chi connectivity index (χ4n) is 3.07. The summed E-state index contributed by atoms with van der Waals surface area (Å²) in [6.07, 6.45) is 1.18. The van der Waals surface area contributed by atoms with Crippen LogP contribution in [0.4, 0.5) is 11.4 Å². The maximum Gasteiger partial charge on any atom is 0.333 e. The second-order valence-corrected chi connectivity index (χ2v) is 8.24. The van der Waals surface area contributed by atoms with Gasteiger partial charge in [0.2, 0.25) is 5.16 Å². The molecule has 1 aliphatic rings. The molecule has 36 heavy (non-hydrogen) atoms. The lowest BCUT2D eigenvalue weighted by atomic mass is 10.1. The number of nitro benzene ring substituents is 2. The largest absolute Gasteiger partial charge is 0.352 e. The monoisotopic (exact) mass is 522 g/mol. The summed E-state index contributed by atoms with van der Waals surface area (Å²) in [5.74, 6) is -2.64. The molecule has 1 saturated heterocycles. The number of rotatable bonds is 12. The van der Waals surface area contributed by atoms with Crippen LogP contribution in [0, 0.1) is 20.2 Å². The lowest BCUT2D eigenvalue weighted by Gasteiger charge is -2.12. The molecule has 0 spiro atoms. The maximum absolute atomic E-state index is 12.5. The molecule has 3 rings (SSSR count). The summed E-state index contributed by atoms with van der Waals surface area (Å²) >= 11 is 0.555. The molecule has 0 aliphatic carbocycles. The molecule has 2 heterocycles. The van der Waals surface area contributed by atoms with Crippen LogP contribution in [-0.4, -0.2) is 65.8 Å². The number of nitro groups is 2. The first-order valence-electron chi connectivity index (χ1n) is 10.4. The number of nitrogens with one attached hydrogen (secondary N) is 2. The predicted molar refractivity (Wildman–Crippen MR) is 116 cm³/mol. The molecule has 0 saturated carbocycles. The van der Waals surface area contributed by atoms with Crippen LogP contribution in [0.25, 0.3) is 0 Å². The van der Waals surface area contributed by atoms with Gasteiger partial charge in [0.1, 0.15) is 0 Å². The summed E-state index contributed by atoms with van der Waals surface area (Å²) in [5.41, 5.74) is -1.62. The van der Waals surface area contributed by atoms with E-state index in [0.717, 1.165) is 12.1 Å². The SMILES string of the molecule is O=C(CCCCCNC(=O)c1cc([N+](=O)[O-])c(Sc2nn[nH]n2)c([N+](=O)[O-])c1)ON1C(=O)CCC1=O. The predicted octanol–water partition coefficient (Wildman–Crippen LogP) is 1.06. The van der Waals surface area contributed by atoms with E-state index in [9.17, 15) is 39.4 Å². The van der Waals surface area contributed by atoms with Gasteiger partial charge in [0.15, 0.2) is 4.90 Å². The van der Waals surface area contributed by atoms with Gasteiger partial charge in [0.05, 0.1) is 15.4 Å². The fourth-order valence-corrected chi connectivity index (χ4v) is 3.90. The van der Waals surface area contributed by atoms with Crippen LogP contribution in [0.15, 0.2) is 22.2 Å². The van der Waals surface area contributed by atoms with Gasteiger partial charge < -0.3 is 10.2 Å². The number of hydrogen-bond donors (Lipinski definition) is 2. The van der Waals surface area contributed by atoms with Crippen molar-refractivity contribution in [2.45, 2.75) is 48.6 Å². The summed E-state index contributed by atoms with van der Waals surface area (Å²) in [5, 5.41) is 38.6. The molecule has 190 valence electrons. The summed E-state index contributed by atoms with van der Waals surface area (Å²) in [4.78, 5) is 72.8. The molecule has 0 bridgehead atoms. The van der Waals surface area contributed by atoms with Crippen molar-refractivity contribution >= 4 is 46.8 Å². The molecule has 0 atom stereocenters. The van der Waals surface area contributed by atoms with E-state index in [2.05, 4.69) is 25.9 Å². The fraction of sp³-hybridized carbons (Fsp3) is 0.389. The number of H-pyrrole nitrogens is 1. The van der Waals surface area contributed by atoms with Gasteiger partial charge in [-0.25, -0.2) is 4.79 Å². The molecular formula is C18H18N8O9S. The van der Waals surface area contributed by atoms with Crippen LogP contribution in [0.3, 0.4) is 0 Å². The van der Waals surface area contributed by atoms with Crippen molar-refractivity contribution in [2.24, 2.45) is 0 Å². The summed E-state index contributed by atoms with van der Waals surface area (Å²) in [7, 11) is 0. The number of benzene rings is 1. The number of aromatic amines is 1. The molecule has 3 amide bonds. The summed E-state index contributed by atoms with van der Waals surface area (Å²) in [6.45, 7) is 0.123. The number of hydrogen-bond acceptors (Lipinski definition) is 13. The number of hydroxylamine groups is 2. The molecule has 0 radical (unpaired) electrons. The first-order chi connectivity index (χ1) is 17.2. The van der Waals surface area contributed by atoms with Crippen molar-refractivity contribution in [1.29, 1.82) is 0 Å². The van der Waals surface area contributed by atoms with E-state index >= 15 is 0 Å². The van der Waals surface area contributed by atoms with E-state index in [1.54, 1.807) is 0 Å². The molecule has 1 aromatic carbocycles. The van der Waals surface area contributed by atoms with E-state index in [0.29, 0.717) is 36.1 Å². The Kier molecular flexibility index (Phi) is 8.55. The van der Waals surface area contributed by atoms with Gasteiger partial charge in [-0.3, -0.25) is 34.6 Å². The minimum atomic E-state index is -0.853. The topological polar surface area (TPSA) is 234 Å².